The minimum absolute atomic E-state index is 0.177. The van der Waals surface area contributed by atoms with E-state index in [1.54, 1.807) is 12.1 Å². The van der Waals surface area contributed by atoms with Gasteiger partial charge in [0.1, 0.15) is 0 Å². The predicted molar refractivity (Wildman–Crippen MR) is 89.2 cm³/mol. The first kappa shape index (κ1) is 15.9. The molecule has 3 heteroatoms. The largest absolute Gasteiger partial charge is 0.381 e. The van der Waals surface area contributed by atoms with Gasteiger partial charge in [0.25, 0.3) is 6.08 Å². The van der Waals surface area contributed by atoms with Gasteiger partial charge in [0, 0.05) is 18.8 Å². The third-order valence-corrected chi connectivity index (χ3v) is 4.40. The van der Waals surface area contributed by atoms with Crippen LogP contribution in [0.15, 0.2) is 60.7 Å². The van der Waals surface area contributed by atoms with Gasteiger partial charge in [-0.05, 0) is 41.9 Å². The van der Waals surface area contributed by atoms with Crippen molar-refractivity contribution < 1.29 is 13.5 Å². The summed E-state index contributed by atoms with van der Waals surface area (Å²) in [4.78, 5) is 0. The van der Waals surface area contributed by atoms with Crippen LogP contribution < -0.4 is 0 Å². The first-order valence-electron chi connectivity index (χ1n) is 8.02. The fourth-order valence-corrected chi connectivity index (χ4v) is 3.04. The predicted octanol–water partition coefficient (Wildman–Crippen LogP) is 5.78. The molecule has 120 valence electrons. The molecule has 1 heterocycles. The number of rotatable bonds is 4. The number of halogens is 2. The summed E-state index contributed by atoms with van der Waals surface area (Å²) in [7, 11) is 0. The molecule has 2 aromatic carbocycles. The molecule has 0 amide bonds. The molecule has 0 bridgehead atoms. The lowest BCUT2D eigenvalue weighted by atomic mass is 9.89. The highest BCUT2D eigenvalue weighted by atomic mass is 19.3. The van der Waals surface area contributed by atoms with Gasteiger partial charge in [0.2, 0.25) is 0 Å². The molecule has 1 aliphatic heterocycles. The molecule has 0 aromatic heterocycles. The Morgan fingerprint density at radius 1 is 0.870 bits per heavy atom. The van der Waals surface area contributed by atoms with Crippen LogP contribution in [0.5, 0.6) is 0 Å². The normalized spacial score (nSPS) is 15.4. The maximum atomic E-state index is 13.4. The molecule has 0 radical (unpaired) electrons. The van der Waals surface area contributed by atoms with Crippen LogP contribution in [-0.4, -0.2) is 13.2 Å². The van der Waals surface area contributed by atoms with Crippen LogP contribution >= 0.6 is 0 Å². The van der Waals surface area contributed by atoms with Crippen LogP contribution in [0.1, 0.15) is 24.8 Å². The Morgan fingerprint density at radius 2 is 1.48 bits per heavy atom. The van der Waals surface area contributed by atoms with Crippen LogP contribution in [0.3, 0.4) is 0 Å². The Morgan fingerprint density at radius 3 is 2.09 bits per heavy atom. The van der Waals surface area contributed by atoms with E-state index in [1.165, 1.54) is 0 Å². The van der Waals surface area contributed by atoms with Gasteiger partial charge < -0.3 is 4.74 Å². The molecule has 0 N–H and O–H groups in total. The molecule has 0 saturated carbocycles. The van der Waals surface area contributed by atoms with Crippen molar-refractivity contribution in [3.63, 3.8) is 0 Å². The van der Waals surface area contributed by atoms with Gasteiger partial charge in [-0.3, -0.25) is 0 Å². The highest BCUT2D eigenvalue weighted by Gasteiger charge is 2.19. The van der Waals surface area contributed by atoms with Crippen LogP contribution in [-0.2, 0) is 4.74 Å². The summed E-state index contributed by atoms with van der Waals surface area (Å²) in [5.41, 5.74) is 2.93. The van der Waals surface area contributed by atoms with E-state index in [0.29, 0.717) is 25.2 Å². The molecular formula is C20H20F2O. The second-order valence-corrected chi connectivity index (χ2v) is 5.94. The maximum absolute atomic E-state index is 13.4. The molecular weight excluding hydrogens is 294 g/mol. The molecule has 1 saturated heterocycles. The molecule has 3 rings (SSSR count). The second kappa shape index (κ2) is 7.51. The van der Waals surface area contributed by atoms with Crippen molar-refractivity contribution in [2.45, 2.75) is 19.3 Å². The Hall–Kier alpha value is -2.00. The first-order chi connectivity index (χ1) is 11.2. The molecule has 1 nitrogen and oxygen atoms in total. The van der Waals surface area contributed by atoms with E-state index in [-0.39, 0.29) is 11.5 Å². The molecule has 1 fully saturated rings. The van der Waals surface area contributed by atoms with E-state index in [4.69, 9.17) is 4.74 Å². The summed E-state index contributed by atoms with van der Waals surface area (Å²) in [5, 5.41) is 0. The quantitative estimate of drug-likeness (QED) is 0.695. The lowest BCUT2D eigenvalue weighted by molar-refractivity contribution is 0.0677. The van der Waals surface area contributed by atoms with Crippen LogP contribution in [0.25, 0.3) is 16.7 Å². The number of allylic oxidation sites excluding steroid dienone is 1. The Labute approximate surface area is 135 Å². The Balaban J connectivity index is 1.79. The van der Waals surface area contributed by atoms with E-state index >= 15 is 0 Å². The molecule has 23 heavy (non-hydrogen) atoms. The topological polar surface area (TPSA) is 9.23 Å². The van der Waals surface area contributed by atoms with Gasteiger partial charge in [-0.2, -0.15) is 8.78 Å². The van der Waals surface area contributed by atoms with Crippen molar-refractivity contribution >= 4 is 5.57 Å². The minimum atomic E-state index is -1.57. The zero-order valence-electron chi connectivity index (χ0n) is 13.0. The fraction of sp³-hybridized carbons (Fsp3) is 0.300. The van der Waals surface area contributed by atoms with Gasteiger partial charge in [-0.15, -0.1) is 0 Å². The fourth-order valence-electron chi connectivity index (χ4n) is 3.04. The number of ether oxygens (including phenoxy) is 1. The van der Waals surface area contributed by atoms with Gasteiger partial charge >= 0.3 is 0 Å². The van der Waals surface area contributed by atoms with Crippen molar-refractivity contribution in [1.29, 1.82) is 0 Å². The van der Waals surface area contributed by atoms with E-state index in [1.807, 2.05) is 42.5 Å². The van der Waals surface area contributed by atoms with Crippen molar-refractivity contribution in [2.75, 3.05) is 13.2 Å². The van der Waals surface area contributed by atoms with Gasteiger partial charge in [-0.25, -0.2) is 0 Å². The van der Waals surface area contributed by atoms with Crippen molar-refractivity contribution in [3.05, 3.63) is 66.2 Å². The lowest BCUT2D eigenvalue weighted by Gasteiger charge is -2.23. The average molecular weight is 314 g/mol. The van der Waals surface area contributed by atoms with Crippen molar-refractivity contribution in [2.24, 2.45) is 5.92 Å². The highest BCUT2D eigenvalue weighted by molar-refractivity contribution is 5.71. The Bertz CT molecular complexity index is 652. The summed E-state index contributed by atoms with van der Waals surface area (Å²) in [6, 6.07) is 17.4. The Kier molecular flexibility index (Phi) is 5.19. The third kappa shape index (κ3) is 4.05. The number of hydrogen-bond acceptors (Lipinski definition) is 1. The third-order valence-electron chi connectivity index (χ3n) is 4.40. The van der Waals surface area contributed by atoms with Gasteiger partial charge in [0.05, 0.1) is 0 Å². The van der Waals surface area contributed by atoms with Crippen LogP contribution in [0.2, 0.25) is 0 Å². The standard InChI is InChI=1S/C20H20F2O/c21-20(22)19(14-15-10-12-23-13-11-15)18-8-6-17(7-9-18)16-4-2-1-3-5-16/h1-9,15H,10-14H2. The molecule has 1 aliphatic rings. The molecule has 0 spiro atoms. The average Bonchev–Trinajstić information content (AvgIpc) is 2.61. The zero-order chi connectivity index (χ0) is 16.1. The SMILES string of the molecule is FC(F)=C(CC1CCOCC1)c1ccc(-c2ccccc2)cc1. The van der Waals surface area contributed by atoms with Crippen molar-refractivity contribution in [3.8, 4) is 11.1 Å². The van der Waals surface area contributed by atoms with E-state index in [9.17, 15) is 8.78 Å². The molecule has 0 atom stereocenters. The summed E-state index contributed by atoms with van der Waals surface area (Å²) in [6.07, 6.45) is 0.581. The smallest absolute Gasteiger partial charge is 0.274 e. The number of benzene rings is 2. The van der Waals surface area contributed by atoms with Crippen molar-refractivity contribution in [1.82, 2.24) is 0 Å². The zero-order valence-corrected chi connectivity index (χ0v) is 13.0. The second-order valence-electron chi connectivity index (χ2n) is 5.94. The first-order valence-corrected chi connectivity index (χ1v) is 8.02. The summed E-state index contributed by atoms with van der Waals surface area (Å²) >= 11 is 0. The van der Waals surface area contributed by atoms with Gasteiger partial charge in [-0.1, -0.05) is 54.6 Å². The van der Waals surface area contributed by atoms with E-state index in [2.05, 4.69) is 0 Å². The number of hydrogen-bond donors (Lipinski definition) is 0. The lowest BCUT2D eigenvalue weighted by Crippen LogP contribution is -2.16. The maximum Gasteiger partial charge on any atom is 0.274 e. The van der Waals surface area contributed by atoms with Crippen LogP contribution in [0, 0.1) is 5.92 Å². The summed E-state index contributed by atoms with van der Waals surface area (Å²) < 4.78 is 32.1. The van der Waals surface area contributed by atoms with Crippen LogP contribution in [0.4, 0.5) is 8.78 Å². The van der Waals surface area contributed by atoms with Gasteiger partial charge in [0.15, 0.2) is 0 Å². The monoisotopic (exact) mass is 314 g/mol. The van der Waals surface area contributed by atoms with E-state index in [0.717, 1.165) is 24.0 Å². The molecule has 0 aliphatic carbocycles. The summed E-state index contributed by atoms with van der Waals surface area (Å²) in [5.74, 6) is 0.286. The van der Waals surface area contributed by atoms with E-state index < -0.39 is 6.08 Å². The molecule has 0 unspecified atom stereocenters. The minimum Gasteiger partial charge on any atom is -0.381 e. The molecule has 2 aromatic rings. The highest BCUT2D eigenvalue weighted by Crippen LogP contribution is 2.33. The summed E-state index contributed by atoms with van der Waals surface area (Å²) in [6.45, 7) is 1.36.